The molecule has 0 bridgehead atoms. The van der Waals surface area contributed by atoms with Crippen LogP contribution in [0.2, 0.25) is 20.1 Å². The van der Waals surface area contributed by atoms with E-state index in [1.165, 1.54) is 54.9 Å². The second-order valence-electron chi connectivity index (χ2n) is 17.2. The minimum Gasteiger partial charge on any atom is -0.466 e. The van der Waals surface area contributed by atoms with Crippen LogP contribution in [0.15, 0.2) is 97.1 Å². The summed E-state index contributed by atoms with van der Waals surface area (Å²) in [6.45, 7) is 12.6. The van der Waals surface area contributed by atoms with Crippen LogP contribution in [0.3, 0.4) is 0 Å². The summed E-state index contributed by atoms with van der Waals surface area (Å²) in [7, 11) is 3.44. The predicted octanol–water partition coefficient (Wildman–Crippen LogP) is 14.5. The number of nitrogens with two attached hydrogens (primary N) is 1. The molecule has 0 aliphatic rings. The Hall–Kier alpha value is -7.74. The van der Waals surface area contributed by atoms with Crippen molar-refractivity contribution in [1.29, 1.82) is 10.5 Å². The summed E-state index contributed by atoms with van der Waals surface area (Å²) in [5.41, 5.74) is 11.3. The van der Waals surface area contributed by atoms with E-state index in [4.69, 9.17) is 62.7 Å². The molecular weight excluding hydrogens is 1110 g/mol. The summed E-state index contributed by atoms with van der Waals surface area (Å²) in [4.78, 5) is 38.6. The molecule has 5 aromatic carbocycles. The Morgan fingerprint density at radius 1 is 0.734 bits per heavy atom. The largest absolute Gasteiger partial charge is 0.466 e. The van der Waals surface area contributed by atoms with Crippen LogP contribution >= 0.6 is 46.4 Å². The fraction of sp³-hybridized carbons (Fsp3) is 0.263. The highest BCUT2D eigenvalue weighted by Gasteiger charge is 2.23. The number of ketones is 1. The number of halogens is 8. The third-order valence-electron chi connectivity index (χ3n) is 11.1. The van der Waals surface area contributed by atoms with E-state index in [0.29, 0.717) is 72.5 Å². The van der Waals surface area contributed by atoms with Gasteiger partial charge in [-0.1, -0.05) is 91.9 Å². The summed E-state index contributed by atoms with van der Waals surface area (Å²) in [6, 6.07) is 28.5. The topological polar surface area (TPSA) is 200 Å². The van der Waals surface area contributed by atoms with Crippen molar-refractivity contribution in [3.63, 3.8) is 0 Å². The molecule has 0 aliphatic carbocycles. The number of esters is 1. The number of hydrogen-bond acceptors (Lipinski definition) is 10. The lowest BCUT2D eigenvalue weighted by molar-refractivity contribution is -0.140. The van der Waals surface area contributed by atoms with Crippen LogP contribution in [0.1, 0.15) is 82.2 Å². The standard InChI is InChI=1S/C23H23ClFN5O.C11H11ClFN3.C10H7ClFNO.C8H5ClFN.C4H8O2.CH4/c1-13(2)22-26-18-7-5-6-8-19(18)30(22)12-20(31)27-23-21(14(3)28-29(23)4)16-10-9-15(24)11-17(16)25;1-6-10(11(14)16(2)15-6)8-4-3-7(12)5-9(8)13;1-6(14)9(5-13)8-3-2-7(11)4-10(8)12;9-7-2-1-6(3-4-11)8(10)5-7;1-3-6-4(2)5;/h5-11,13H,12H2,1-4H3,(H,27,31);3-5H,14H2,1-2H3;2-4,9H,1H3;1-2,5H,3H2;3H2,1-2H3;1H4. The molecule has 1 unspecified atom stereocenters. The number of para-hydroxylation sites is 2. The average Bonchev–Trinajstić information content (AvgIpc) is 4.00. The number of nitrogens with one attached hydrogen (secondary N) is 1. The number of rotatable bonds is 10. The molecule has 3 N–H and O–H groups in total. The van der Waals surface area contributed by atoms with Gasteiger partial charge in [0.2, 0.25) is 5.91 Å². The molecule has 1 atom stereocenters. The van der Waals surface area contributed by atoms with Crippen molar-refractivity contribution in [1.82, 2.24) is 29.1 Å². The second kappa shape index (κ2) is 30.4. The third-order valence-corrected chi connectivity index (χ3v) is 12.0. The van der Waals surface area contributed by atoms with Crippen LogP contribution in [-0.4, -0.2) is 53.4 Å². The van der Waals surface area contributed by atoms with Crippen LogP contribution in [0, 0.1) is 59.8 Å². The van der Waals surface area contributed by atoms with E-state index in [1.807, 2.05) is 48.7 Å². The number of benzene rings is 5. The molecule has 79 heavy (non-hydrogen) atoms. The second-order valence-corrected chi connectivity index (χ2v) is 19.0. The molecule has 22 heteroatoms. The zero-order chi connectivity index (χ0) is 58.1. The maximum atomic E-state index is 14.6. The van der Waals surface area contributed by atoms with Crippen molar-refractivity contribution in [3.8, 4) is 34.4 Å². The number of carbonyl (C=O) groups excluding carboxylic acids is 3. The smallest absolute Gasteiger partial charge is 0.302 e. The van der Waals surface area contributed by atoms with Crippen molar-refractivity contribution >= 4 is 86.7 Å². The summed E-state index contributed by atoms with van der Waals surface area (Å²) in [5, 5.41) is 29.6. The normalized spacial score (nSPS) is 10.6. The number of aromatic nitrogens is 6. The van der Waals surface area contributed by atoms with Gasteiger partial charge < -0.3 is 20.4 Å². The first kappa shape index (κ1) is 65.5. The molecule has 0 saturated carbocycles. The molecule has 0 spiro atoms. The summed E-state index contributed by atoms with van der Waals surface area (Å²) in [6.07, 6.45) is 0.0863. The van der Waals surface area contributed by atoms with Crippen LogP contribution in [0.5, 0.6) is 0 Å². The quantitative estimate of drug-likeness (QED) is 0.0981. The first-order chi connectivity index (χ1) is 36.8. The van der Waals surface area contributed by atoms with Gasteiger partial charge in [-0.3, -0.25) is 23.7 Å². The molecule has 14 nitrogen and oxygen atoms in total. The van der Waals surface area contributed by atoms with Gasteiger partial charge >= 0.3 is 5.97 Å². The predicted molar refractivity (Wildman–Crippen MR) is 304 cm³/mol. The van der Waals surface area contributed by atoms with E-state index >= 15 is 0 Å². The molecule has 1 amide bonds. The van der Waals surface area contributed by atoms with E-state index in [0.717, 1.165) is 22.9 Å². The van der Waals surface area contributed by atoms with Crippen LogP contribution in [0.4, 0.5) is 29.2 Å². The first-order valence-electron chi connectivity index (χ1n) is 23.6. The zero-order valence-electron chi connectivity index (χ0n) is 43.8. The Morgan fingerprint density at radius 3 is 1.70 bits per heavy atom. The maximum absolute atomic E-state index is 14.6. The summed E-state index contributed by atoms with van der Waals surface area (Å²) >= 11 is 22.6. The van der Waals surface area contributed by atoms with Gasteiger partial charge in [0.05, 0.1) is 53.2 Å². The van der Waals surface area contributed by atoms with Crippen molar-refractivity contribution in [2.45, 2.75) is 80.7 Å². The molecule has 3 aromatic heterocycles. The number of ether oxygens (including phenoxy) is 1. The summed E-state index contributed by atoms with van der Waals surface area (Å²) in [5.74, 6) is -1.94. The molecule has 8 rings (SSSR count). The van der Waals surface area contributed by atoms with E-state index in [9.17, 15) is 31.9 Å². The number of hydrogen-bond donors (Lipinski definition) is 2. The van der Waals surface area contributed by atoms with E-state index in [-0.39, 0.29) is 54.6 Å². The van der Waals surface area contributed by atoms with Gasteiger partial charge in [-0.2, -0.15) is 20.7 Å². The highest BCUT2D eigenvalue weighted by atomic mass is 35.5. The fourth-order valence-corrected chi connectivity index (χ4v) is 8.24. The number of carbonyl (C=O) groups is 3. The summed E-state index contributed by atoms with van der Waals surface area (Å²) < 4.78 is 63.8. The minimum absolute atomic E-state index is 0. The van der Waals surface area contributed by atoms with Gasteiger partial charge in [-0.15, -0.1) is 0 Å². The molecule has 0 fully saturated rings. The number of nitrogens with zero attached hydrogens (tertiary/aromatic N) is 8. The highest BCUT2D eigenvalue weighted by molar-refractivity contribution is 6.31. The van der Waals surface area contributed by atoms with E-state index in [2.05, 4.69) is 25.2 Å². The van der Waals surface area contributed by atoms with Gasteiger partial charge in [0.25, 0.3) is 0 Å². The third kappa shape index (κ3) is 17.9. The van der Waals surface area contributed by atoms with Gasteiger partial charge in [-0.25, -0.2) is 22.5 Å². The van der Waals surface area contributed by atoms with Crippen LogP contribution in [-0.2, 0) is 46.2 Å². The van der Waals surface area contributed by atoms with Crippen molar-refractivity contribution in [3.05, 3.63) is 169 Å². The molecule has 0 radical (unpaired) electrons. The number of amides is 1. The number of nitriles is 2. The van der Waals surface area contributed by atoms with E-state index < -0.39 is 29.2 Å². The fourth-order valence-electron chi connectivity index (χ4n) is 7.60. The Morgan fingerprint density at radius 2 is 1.24 bits per heavy atom. The number of nitrogen functional groups attached to an aromatic ring is 1. The lowest BCUT2D eigenvalue weighted by Crippen LogP contribution is -2.22. The molecule has 3 heterocycles. The van der Waals surface area contributed by atoms with Gasteiger partial charge in [0.15, 0.2) is 5.78 Å². The maximum Gasteiger partial charge on any atom is 0.302 e. The van der Waals surface area contributed by atoms with Crippen LogP contribution < -0.4 is 11.1 Å². The van der Waals surface area contributed by atoms with E-state index in [1.54, 1.807) is 75.9 Å². The molecule has 8 aromatic rings. The van der Waals surface area contributed by atoms with Crippen molar-refractivity contribution in [2.24, 2.45) is 14.1 Å². The Kier molecular flexibility index (Phi) is 25.2. The zero-order valence-corrected chi connectivity index (χ0v) is 46.8. The first-order valence-corrected chi connectivity index (χ1v) is 25.1. The van der Waals surface area contributed by atoms with Gasteiger partial charge in [0, 0.05) is 74.8 Å². The monoisotopic (exact) mass is 1160 g/mol. The lowest BCUT2D eigenvalue weighted by Gasteiger charge is -2.13. The number of anilines is 2. The lowest BCUT2D eigenvalue weighted by atomic mass is 9.97. The van der Waals surface area contributed by atoms with Gasteiger partial charge in [0.1, 0.15) is 53.2 Å². The van der Waals surface area contributed by atoms with Crippen LogP contribution in [0.25, 0.3) is 33.3 Å². The molecule has 0 saturated heterocycles. The molecule has 416 valence electrons. The molecular formula is C57H58Cl4F4N10O4. The Labute approximate surface area is 476 Å². The highest BCUT2D eigenvalue weighted by Crippen LogP contribution is 2.35. The minimum atomic E-state index is -1.05. The number of imidazole rings is 1. The van der Waals surface area contributed by atoms with Crippen molar-refractivity contribution in [2.75, 3.05) is 17.7 Å². The number of Topliss-reactive ketones (excluding diaryl/α,β-unsaturated/α-hetero) is 1. The number of aryl methyl sites for hydroxylation is 4. The number of fused-ring (bicyclic) bond motifs is 1. The molecule has 0 aliphatic heterocycles. The van der Waals surface area contributed by atoms with Gasteiger partial charge in [-0.05, 0) is 100 Å². The SMILES string of the molecule is C.CC(=O)C(C#N)c1ccc(Cl)cc1F.CCOC(C)=O.Cc1nn(C)c(N)c1-c1ccc(Cl)cc1F.Cc1nn(C)c(NC(=O)Cn2c(C(C)C)nc3ccccc32)c1-c1ccc(Cl)cc1F.N#CCc1ccc(Cl)cc1F. The Bertz CT molecular complexity index is 3530. The average molecular weight is 1160 g/mol. The Balaban J connectivity index is 0.000000288. The van der Waals surface area contributed by atoms with Crippen molar-refractivity contribution < 1.29 is 36.7 Å².